The number of benzene rings is 2. The highest BCUT2D eigenvalue weighted by Gasteiger charge is 2.23. The van der Waals surface area contributed by atoms with Crippen LogP contribution in [-0.2, 0) is 4.79 Å². The number of hydrogen-bond donors (Lipinski definition) is 0. The van der Waals surface area contributed by atoms with E-state index in [1.54, 1.807) is 11.0 Å². The molecule has 1 saturated heterocycles. The summed E-state index contributed by atoms with van der Waals surface area (Å²) in [5, 5.41) is 0. The van der Waals surface area contributed by atoms with Crippen LogP contribution in [0.1, 0.15) is 15.9 Å². The Balaban J connectivity index is 1.54. The molecule has 0 saturated carbocycles. The molecule has 0 aromatic heterocycles. The molecule has 0 bridgehead atoms. The van der Waals surface area contributed by atoms with Crippen molar-refractivity contribution in [3.05, 3.63) is 70.2 Å². The van der Waals surface area contributed by atoms with Crippen molar-refractivity contribution in [2.75, 3.05) is 26.2 Å². The summed E-state index contributed by atoms with van der Waals surface area (Å²) in [6.07, 6.45) is 3.42. The number of carbonyl (C=O) groups excluding carboxylic acids is 2. The summed E-state index contributed by atoms with van der Waals surface area (Å²) in [5.74, 6) is 0.0119. The molecule has 0 atom stereocenters. The molecule has 0 unspecified atom stereocenters. The standard InChI is InChI=1S/C20H20BBrN2O2/c21-17-6-4-16(5-7-17)20(26)24-13-11-23(12-14-24)19(25)10-3-15-1-8-18(22)9-2-15/h1-10H,11-14,21H2/b10-3+. The molecule has 1 aliphatic heterocycles. The molecule has 26 heavy (non-hydrogen) atoms. The van der Waals surface area contributed by atoms with Gasteiger partial charge in [-0.3, -0.25) is 9.59 Å². The normalized spacial score (nSPS) is 14.7. The van der Waals surface area contributed by atoms with Crippen LogP contribution in [0, 0.1) is 0 Å². The lowest BCUT2D eigenvalue weighted by molar-refractivity contribution is -0.127. The third kappa shape index (κ3) is 4.64. The summed E-state index contributed by atoms with van der Waals surface area (Å²) < 4.78 is 1.01. The van der Waals surface area contributed by atoms with Crippen molar-refractivity contribution in [1.29, 1.82) is 0 Å². The van der Waals surface area contributed by atoms with E-state index < -0.39 is 0 Å². The zero-order valence-electron chi connectivity index (χ0n) is 14.7. The average molecular weight is 411 g/mol. The highest BCUT2D eigenvalue weighted by Crippen LogP contribution is 2.12. The maximum absolute atomic E-state index is 12.5. The van der Waals surface area contributed by atoms with E-state index in [4.69, 9.17) is 0 Å². The van der Waals surface area contributed by atoms with Crippen molar-refractivity contribution in [2.24, 2.45) is 0 Å². The first kappa shape index (κ1) is 18.5. The Bertz CT molecular complexity index is 811. The van der Waals surface area contributed by atoms with Crippen molar-refractivity contribution in [3.63, 3.8) is 0 Å². The molecule has 0 spiro atoms. The van der Waals surface area contributed by atoms with Crippen molar-refractivity contribution in [2.45, 2.75) is 0 Å². The Labute approximate surface area is 163 Å². The van der Waals surface area contributed by atoms with Gasteiger partial charge >= 0.3 is 0 Å². The maximum Gasteiger partial charge on any atom is 0.253 e. The van der Waals surface area contributed by atoms with Gasteiger partial charge in [0.2, 0.25) is 5.91 Å². The SMILES string of the molecule is Bc1ccc(C(=O)N2CCN(C(=O)/C=C/c3ccc(Br)cc3)CC2)cc1. The van der Waals surface area contributed by atoms with Gasteiger partial charge in [0.1, 0.15) is 7.85 Å². The lowest BCUT2D eigenvalue weighted by Crippen LogP contribution is -2.50. The number of halogens is 1. The van der Waals surface area contributed by atoms with Gasteiger partial charge in [-0.05, 0) is 23.8 Å². The molecule has 2 aromatic carbocycles. The highest BCUT2D eigenvalue weighted by atomic mass is 79.9. The van der Waals surface area contributed by atoms with Gasteiger partial charge in [0.15, 0.2) is 0 Å². The molecule has 1 aliphatic rings. The fourth-order valence-corrected chi connectivity index (χ4v) is 3.12. The fraction of sp³-hybridized carbons (Fsp3) is 0.200. The largest absolute Gasteiger partial charge is 0.336 e. The fourth-order valence-electron chi connectivity index (χ4n) is 2.86. The first-order chi connectivity index (χ1) is 12.5. The van der Waals surface area contributed by atoms with Crippen molar-refractivity contribution >= 4 is 47.1 Å². The summed E-state index contributed by atoms with van der Waals surface area (Å²) in [4.78, 5) is 28.5. The van der Waals surface area contributed by atoms with Gasteiger partial charge in [-0.25, -0.2) is 0 Å². The van der Waals surface area contributed by atoms with E-state index in [0.717, 1.165) is 15.5 Å². The Morgan fingerprint density at radius 2 is 1.46 bits per heavy atom. The number of piperazine rings is 1. The molecule has 3 rings (SSSR count). The second-order valence-electron chi connectivity index (χ2n) is 6.37. The van der Waals surface area contributed by atoms with Gasteiger partial charge < -0.3 is 9.80 Å². The molecule has 2 amide bonds. The molecule has 0 aliphatic carbocycles. The number of hydrogen-bond acceptors (Lipinski definition) is 2. The van der Waals surface area contributed by atoms with E-state index >= 15 is 0 Å². The lowest BCUT2D eigenvalue weighted by atomic mass is 9.95. The van der Waals surface area contributed by atoms with E-state index in [-0.39, 0.29) is 11.8 Å². The van der Waals surface area contributed by atoms with E-state index in [0.29, 0.717) is 31.7 Å². The topological polar surface area (TPSA) is 40.6 Å². The van der Waals surface area contributed by atoms with Gasteiger partial charge in [-0.2, -0.15) is 0 Å². The van der Waals surface area contributed by atoms with Gasteiger partial charge in [0.05, 0.1) is 0 Å². The minimum Gasteiger partial charge on any atom is -0.336 e. The molecule has 1 fully saturated rings. The van der Waals surface area contributed by atoms with Crippen LogP contribution in [0.25, 0.3) is 6.08 Å². The zero-order valence-corrected chi connectivity index (χ0v) is 16.3. The summed E-state index contributed by atoms with van der Waals surface area (Å²) in [6, 6.07) is 15.4. The highest BCUT2D eigenvalue weighted by molar-refractivity contribution is 9.10. The predicted octanol–water partition coefficient (Wildman–Crippen LogP) is 1.71. The van der Waals surface area contributed by atoms with Crippen LogP contribution in [0.2, 0.25) is 0 Å². The van der Waals surface area contributed by atoms with Crippen molar-refractivity contribution in [1.82, 2.24) is 9.80 Å². The van der Waals surface area contributed by atoms with Crippen LogP contribution in [0.15, 0.2) is 59.1 Å². The summed E-state index contributed by atoms with van der Waals surface area (Å²) in [5.41, 5.74) is 2.81. The van der Waals surface area contributed by atoms with E-state index in [9.17, 15) is 9.59 Å². The summed E-state index contributed by atoms with van der Waals surface area (Å²) in [6.45, 7) is 2.23. The zero-order chi connectivity index (χ0) is 18.5. The van der Waals surface area contributed by atoms with E-state index in [1.165, 1.54) is 0 Å². The van der Waals surface area contributed by atoms with Crippen LogP contribution in [0.3, 0.4) is 0 Å². The second kappa shape index (κ2) is 8.36. The summed E-state index contributed by atoms with van der Waals surface area (Å²) in [7, 11) is 2.00. The number of nitrogens with zero attached hydrogens (tertiary/aromatic N) is 2. The molecule has 132 valence electrons. The molecule has 0 radical (unpaired) electrons. The molecular weight excluding hydrogens is 391 g/mol. The Morgan fingerprint density at radius 3 is 2.08 bits per heavy atom. The van der Waals surface area contributed by atoms with E-state index in [2.05, 4.69) is 15.9 Å². The van der Waals surface area contributed by atoms with Crippen LogP contribution in [-0.4, -0.2) is 55.6 Å². The summed E-state index contributed by atoms with van der Waals surface area (Å²) >= 11 is 3.39. The van der Waals surface area contributed by atoms with E-state index in [1.807, 2.05) is 67.4 Å². The number of rotatable bonds is 3. The van der Waals surface area contributed by atoms with Gasteiger partial charge in [-0.15, -0.1) is 0 Å². The maximum atomic E-state index is 12.5. The minimum atomic E-state index is -0.0182. The predicted molar refractivity (Wildman–Crippen MR) is 110 cm³/mol. The van der Waals surface area contributed by atoms with Crippen molar-refractivity contribution < 1.29 is 9.59 Å². The van der Waals surface area contributed by atoms with Crippen LogP contribution in [0.5, 0.6) is 0 Å². The van der Waals surface area contributed by atoms with Gasteiger partial charge in [0, 0.05) is 42.3 Å². The van der Waals surface area contributed by atoms with Crippen LogP contribution < -0.4 is 5.46 Å². The first-order valence-corrected chi connectivity index (χ1v) is 9.41. The van der Waals surface area contributed by atoms with Crippen LogP contribution in [0.4, 0.5) is 0 Å². The number of amides is 2. The Hall–Kier alpha value is -2.34. The van der Waals surface area contributed by atoms with Crippen LogP contribution >= 0.6 is 15.9 Å². The Morgan fingerprint density at radius 1 is 0.885 bits per heavy atom. The molecule has 0 N–H and O–H groups in total. The minimum absolute atomic E-state index is 0.0182. The third-order valence-corrected chi connectivity index (χ3v) is 4.99. The first-order valence-electron chi connectivity index (χ1n) is 8.61. The smallest absolute Gasteiger partial charge is 0.253 e. The quantitative estimate of drug-likeness (QED) is 0.570. The molecule has 2 aromatic rings. The third-order valence-electron chi connectivity index (χ3n) is 4.47. The van der Waals surface area contributed by atoms with Gasteiger partial charge in [0.25, 0.3) is 5.91 Å². The van der Waals surface area contributed by atoms with Crippen molar-refractivity contribution in [3.8, 4) is 0 Å². The second-order valence-corrected chi connectivity index (χ2v) is 7.28. The molecule has 1 heterocycles. The Kier molecular flexibility index (Phi) is 5.94. The monoisotopic (exact) mass is 410 g/mol. The molecular formula is C20H20BBrN2O2. The van der Waals surface area contributed by atoms with Gasteiger partial charge in [-0.1, -0.05) is 57.8 Å². The molecule has 4 nitrogen and oxygen atoms in total. The number of carbonyl (C=O) groups is 2. The average Bonchev–Trinajstić information content (AvgIpc) is 2.67. The molecule has 6 heteroatoms. The lowest BCUT2D eigenvalue weighted by Gasteiger charge is -2.34.